The molecule has 2 aromatic carbocycles. The summed E-state index contributed by atoms with van der Waals surface area (Å²) in [4.78, 5) is 0. The van der Waals surface area contributed by atoms with Crippen LogP contribution in [0.2, 0.25) is 0 Å². The van der Waals surface area contributed by atoms with Gasteiger partial charge in [-0.25, -0.2) is 4.39 Å². The van der Waals surface area contributed by atoms with Crippen molar-refractivity contribution >= 4 is 11.8 Å². The molecule has 0 aliphatic carbocycles. The van der Waals surface area contributed by atoms with Gasteiger partial charge in [-0.2, -0.15) is 0 Å². The van der Waals surface area contributed by atoms with E-state index < -0.39 is 0 Å². The zero-order chi connectivity index (χ0) is 19.2. The van der Waals surface area contributed by atoms with E-state index in [1.54, 1.807) is 19.3 Å². The van der Waals surface area contributed by atoms with Gasteiger partial charge in [0.1, 0.15) is 5.75 Å². The number of benzene rings is 2. The van der Waals surface area contributed by atoms with Gasteiger partial charge in [-0.1, -0.05) is 23.9 Å². The first-order valence-electron chi connectivity index (χ1n) is 8.30. The van der Waals surface area contributed by atoms with E-state index in [1.807, 2.05) is 34.9 Å². The summed E-state index contributed by atoms with van der Waals surface area (Å²) in [7, 11) is 3.08. The predicted molar refractivity (Wildman–Crippen MR) is 105 cm³/mol. The summed E-state index contributed by atoms with van der Waals surface area (Å²) in [5.41, 5.74) is 1.78. The Balaban J connectivity index is 1.82. The Morgan fingerprint density at radius 1 is 1.11 bits per heavy atom. The van der Waals surface area contributed by atoms with E-state index in [0.717, 1.165) is 27.9 Å². The molecule has 0 N–H and O–H groups in total. The summed E-state index contributed by atoms with van der Waals surface area (Å²) in [5.74, 6) is 1.96. The Labute approximate surface area is 161 Å². The van der Waals surface area contributed by atoms with Gasteiger partial charge in [0, 0.05) is 17.9 Å². The van der Waals surface area contributed by atoms with Crippen LogP contribution in [0.5, 0.6) is 11.5 Å². The van der Waals surface area contributed by atoms with Crippen LogP contribution in [0.15, 0.2) is 60.3 Å². The van der Waals surface area contributed by atoms with E-state index >= 15 is 0 Å². The molecular formula is C20H20FN3O2S. The first-order chi connectivity index (χ1) is 13.2. The second-order valence-corrected chi connectivity index (χ2v) is 6.63. The maximum Gasteiger partial charge on any atom is 0.192 e. The molecule has 27 heavy (non-hydrogen) atoms. The van der Waals surface area contributed by atoms with Crippen molar-refractivity contribution in [3.8, 4) is 22.9 Å². The van der Waals surface area contributed by atoms with Crippen LogP contribution in [0, 0.1) is 5.82 Å². The summed E-state index contributed by atoms with van der Waals surface area (Å²) < 4.78 is 26.0. The van der Waals surface area contributed by atoms with E-state index in [1.165, 1.54) is 24.9 Å². The third-order valence-electron chi connectivity index (χ3n) is 3.96. The Bertz CT molecular complexity index is 925. The number of ether oxygens (including phenoxy) is 2. The number of hydrogen-bond acceptors (Lipinski definition) is 5. The summed E-state index contributed by atoms with van der Waals surface area (Å²) in [6, 6.07) is 12.6. The lowest BCUT2D eigenvalue weighted by Gasteiger charge is -2.09. The summed E-state index contributed by atoms with van der Waals surface area (Å²) in [6.45, 7) is 4.40. The van der Waals surface area contributed by atoms with Crippen molar-refractivity contribution in [3.63, 3.8) is 0 Å². The van der Waals surface area contributed by atoms with Gasteiger partial charge in [-0.15, -0.1) is 16.8 Å². The molecule has 0 amide bonds. The van der Waals surface area contributed by atoms with Crippen LogP contribution in [0.25, 0.3) is 11.4 Å². The zero-order valence-electron chi connectivity index (χ0n) is 15.2. The highest BCUT2D eigenvalue weighted by molar-refractivity contribution is 7.98. The van der Waals surface area contributed by atoms with Gasteiger partial charge in [0.15, 0.2) is 22.5 Å². The van der Waals surface area contributed by atoms with Crippen molar-refractivity contribution in [2.75, 3.05) is 14.2 Å². The van der Waals surface area contributed by atoms with E-state index in [-0.39, 0.29) is 11.6 Å². The van der Waals surface area contributed by atoms with Crippen molar-refractivity contribution in [1.29, 1.82) is 0 Å². The quantitative estimate of drug-likeness (QED) is 0.420. The van der Waals surface area contributed by atoms with Gasteiger partial charge in [-0.3, -0.25) is 4.57 Å². The third-order valence-corrected chi connectivity index (χ3v) is 5.00. The molecule has 3 aromatic rings. The molecule has 1 heterocycles. The molecule has 0 spiro atoms. The molecule has 0 saturated carbocycles. The fraction of sp³-hybridized carbons (Fsp3) is 0.200. The molecule has 0 unspecified atom stereocenters. The van der Waals surface area contributed by atoms with Crippen LogP contribution in [-0.2, 0) is 12.3 Å². The topological polar surface area (TPSA) is 49.2 Å². The van der Waals surface area contributed by atoms with Crippen LogP contribution in [0.4, 0.5) is 4.39 Å². The molecule has 1 aromatic heterocycles. The second kappa shape index (κ2) is 8.73. The number of aromatic nitrogens is 3. The fourth-order valence-electron chi connectivity index (χ4n) is 2.59. The number of thioether (sulfide) groups is 1. The summed E-state index contributed by atoms with van der Waals surface area (Å²) in [5, 5.41) is 9.38. The minimum absolute atomic E-state index is 0.236. The van der Waals surface area contributed by atoms with Gasteiger partial charge < -0.3 is 9.47 Å². The van der Waals surface area contributed by atoms with Gasteiger partial charge in [0.25, 0.3) is 0 Å². The monoisotopic (exact) mass is 385 g/mol. The number of allylic oxidation sites excluding steroid dienone is 1. The number of rotatable bonds is 8. The van der Waals surface area contributed by atoms with Crippen molar-refractivity contribution in [2.45, 2.75) is 17.5 Å². The van der Waals surface area contributed by atoms with Crippen molar-refractivity contribution in [1.82, 2.24) is 14.8 Å². The summed E-state index contributed by atoms with van der Waals surface area (Å²) >= 11 is 1.49. The van der Waals surface area contributed by atoms with Gasteiger partial charge in [0.05, 0.1) is 14.2 Å². The standard InChI is InChI=1S/C20H20FN3O2S/c1-4-11-24-19(15-6-8-16(25-2)9-7-15)22-23-20(24)27-13-14-5-10-18(26-3)17(21)12-14/h4-10,12H,1,11,13H2,2-3H3. The predicted octanol–water partition coefficient (Wildman–Crippen LogP) is 4.58. The highest BCUT2D eigenvalue weighted by Gasteiger charge is 2.14. The van der Waals surface area contributed by atoms with E-state index in [9.17, 15) is 4.39 Å². The van der Waals surface area contributed by atoms with Crippen LogP contribution >= 0.6 is 11.8 Å². The molecule has 7 heteroatoms. The van der Waals surface area contributed by atoms with Gasteiger partial charge in [-0.05, 0) is 42.0 Å². The van der Waals surface area contributed by atoms with E-state index in [0.29, 0.717) is 12.3 Å². The summed E-state index contributed by atoms with van der Waals surface area (Å²) in [6.07, 6.45) is 1.80. The Hall–Kier alpha value is -2.80. The number of halogens is 1. The van der Waals surface area contributed by atoms with E-state index in [2.05, 4.69) is 16.8 Å². The lowest BCUT2D eigenvalue weighted by atomic mass is 10.2. The molecule has 0 saturated heterocycles. The first-order valence-corrected chi connectivity index (χ1v) is 9.28. The molecule has 0 fully saturated rings. The number of methoxy groups -OCH3 is 2. The highest BCUT2D eigenvalue weighted by Crippen LogP contribution is 2.28. The lowest BCUT2D eigenvalue weighted by Crippen LogP contribution is -2.01. The average molecular weight is 385 g/mol. The fourth-order valence-corrected chi connectivity index (χ4v) is 3.48. The minimum Gasteiger partial charge on any atom is -0.497 e. The average Bonchev–Trinajstić information content (AvgIpc) is 3.09. The molecular weight excluding hydrogens is 365 g/mol. The lowest BCUT2D eigenvalue weighted by molar-refractivity contribution is 0.386. The van der Waals surface area contributed by atoms with E-state index in [4.69, 9.17) is 9.47 Å². The van der Waals surface area contributed by atoms with Crippen LogP contribution in [-0.4, -0.2) is 29.0 Å². The Morgan fingerprint density at radius 3 is 2.52 bits per heavy atom. The maximum absolute atomic E-state index is 13.9. The molecule has 0 atom stereocenters. The van der Waals surface area contributed by atoms with Crippen LogP contribution < -0.4 is 9.47 Å². The van der Waals surface area contributed by atoms with Crippen molar-refractivity contribution in [3.05, 3.63) is 66.5 Å². The minimum atomic E-state index is -0.373. The SMILES string of the molecule is C=CCn1c(SCc2ccc(OC)c(F)c2)nnc1-c1ccc(OC)cc1. The largest absolute Gasteiger partial charge is 0.497 e. The van der Waals surface area contributed by atoms with Crippen LogP contribution in [0.1, 0.15) is 5.56 Å². The van der Waals surface area contributed by atoms with Gasteiger partial charge >= 0.3 is 0 Å². The first kappa shape index (κ1) is 19.0. The second-order valence-electron chi connectivity index (χ2n) is 5.69. The molecule has 0 radical (unpaired) electrons. The molecule has 140 valence electrons. The van der Waals surface area contributed by atoms with Gasteiger partial charge in [0.2, 0.25) is 0 Å². The highest BCUT2D eigenvalue weighted by atomic mass is 32.2. The molecule has 0 aliphatic heterocycles. The molecule has 0 bridgehead atoms. The molecule has 5 nitrogen and oxygen atoms in total. The number of nitrogens with zero attached hydrogens (tertiary/aromatic N) is 3. The third kappa shape index (κ3) is 4.31. The number of hydrogen-bond donors (Lipinski definition) is 0. The Kier molecular flexibility index (Phi) is 6.13. The maximum atomic E-state index is 13.9. The normalized spacial score (nSPS) is 10.6. The van der Waals surface area contributed by atoms with Crippen LogP contribution in [0.3, 0.4) is 0 Å². The Morgan fingerprint density at radius 2 is 1.89 bits per heavy atom. The van der Waals surface area contributed by atoms with Crippen molar-refractivity contribution in [2.24, 2.45) is 0 Å². The molecule has 0 aliphatic rings. The molecule has 3 rings (SSSR count). The smallest absolute Gasteiger partial charge is 0.192 e. The zero-order valence-corrected chi connectivity index (χ0v) is 16.0. The van der Waals surface area contributed by atoms with Crippen molar-refractivity contribution < 1.29 is 13.9 Å².